The van der Waals surface area contributed by atoms with Gasteiger partial charge in [0.2, 0.25) is 0 Å². The number of hydrogen-bond donors (Lipinski definition) is 1. The first-order chi connectivity index (χ1) is 9.11. The lowest BCUT2D eigenvalue weighted by Crippen LogP contribution is -2.58. The molecule has 0 amide bonds. The second kappa shape index (κ2) is 6.43. The lowest BCUT2D eigenvalue weighted by molar-refractivity contribution is -0.180. The molecule has 0 bridgehead atoms. The van der Waals surface area contributed by atoms with Gasteiger partial charge in [-0.1, -0.05) is 6.92 Å². The van der Waals surface area contributed by atoms with Crippen LogP contribution in [0.25, 0.3) is 0 Å². The quantitative estimate of drug-likeness (QED) is 0.813. The molecule has 1 N–H and O–H groups in total. The average Bonchev–Trinajstić information content (AvgIpc) is 2.30. The van der Waals surface area contributed by atoms with Crippen LogP contribution in [0.1, 0.15) is 54.4 Å². The van der Waals surface area contributed by atoms with Crippen LogP contribution in [0.4, 0.5) is 0 Å². The van der Waals surface area contributed by atoms with Gasteiger partial charge in [0, 0.05) is 19.6 Å². The van der Waals surface area contributed by atoms with E-state index in [0.29, 0.717) is 0 Å². The molecule has 1 fully saturated rings. The Bertz CT molecular complexity index is 343. The molecule has 4 heteroatoms. The Morgan fingerprint density at radius 3 is 2.25 bits per heavy atom. The molecule has 0 aromatic carbocycles. The third-order valence-electron chi connectivity index (χ3n) is 3.70. The van der Waals surface area contributed by atoms with Gasteiger partial charge in [-0.2, -0.15) is 5.26 Å². The van der Waals surface area contributed by atoms with Gasteiger partial charge in [-0.3, -0.25) is 10.2 Å². The van der Waals surface area contributed by atoms with E-state index in [9.17, 15) is 5.26 Å². The monoisotopic (exact) mass is 281 g/mol. The van der Waals surface area contributed by atoms with Gasteiger partial charge < -0.3 is 4.74 Å². The molecule has 116 valence electrons. The Balaban J connectivity index is 2.58. The summed E-state index contributed by atoms with van der Waals surface area (Å²) in [6.07, 6.45) is 1.89. The first-order valence-corrected chi connectivity index (χ1v) is 7.70. The molecule has 0 radical (unpaired) electrons. The maximum absolute atomic E-state index is 9.39. The molecule has 1 heterocycles. The second-order valence-corrected chi connectivity index (χ2v) is 7.45. The summed E-state index contributed by atoms with van der Waals surface area (Å²) in [5, 5.41) is 12.7. The molecule has 1 unspecified atom stereocenters. The van der Waals surface area contributed by atoms with E-state index in [2.05, 4.69) is 50.9 Å². The van der Waals surface area contributed by atoms with Crippen LogP contribution in [0.3, 0.4) is 0 Å². The molecule has 1 aliphatic rings. The summed E-state index contributed by atoms with van der Waals surface area (Å²) in [6.45, 7) is 16.3. The molecule has 4 nitrogen and oxygen atoms in total. The normalized spacial score (nSPS) is 24.9. The number of rotatable bonds is 6. The van der Waals surface area contributed by atoms with Crippen LogP contribution in [0.15, 0.2) is 0 Å². The summed E-state index contributed by atoms with van der Waals surface area (Å²) in [6, 6.07) is 2.43. The van der Waals surface area contributed by atoms with Gasteiger partial charge in [-0.25, -0.2) is 0 Å². The first-order valence-electron chi connectivity index (χ1n) is 7.70. The van der Waals surface area contributed by atoms with E-state index < -0.39 is 5.54 Å². The molecule has 0 aromatic heterocycles. The summed E-state index contributed by atoms with van der Waals surface area (Å²) in [4.78, 5) is 2.42. The minimum atomic E-state index is -0.428. The molecular weight excluding hydrogens is 250 g/mol. The molecule has 20 heavy (non-hydrogen) atoms. The van der Waals surface area contributed by atoms with Crippen molar-refractivity contribution in [3.05, 3.63) is 0 Å². The Hall–Kier alpha value is -0.630. The van der Waals surface area contributed by atoms with Crippen molar-refractivity contribution in [3.63, 3.8) is 0 Å². The number of hydrogen-bond acceptors (Lipinski definition) is 4. The van der Waals surface area contributed by atoms with E-state index in [1.807, 2.05) is 6.92 Å². The standard InChI is InChI=1S/C16H31N3O/c1-7-9-18-16(6,11-17)8-10-19-12-14(2,3)20-15(4,5)13-19/h18H,7-10,12-13H2,1-6H3. The van der Waals surface area contributed by atoms with Gasteiger partial charge in [0.25, 0.3) is 0 Å². The molecule has 0 saturated carbocycles. The fourth-order valence-corrected chi connectivity index (χ4v) is 3.07. The summed E-state index contributed by atoms with van der Waals surface area (Å²) >= 11 is 0. The summed E-state index contributed by atoms with van der Waals surface area (Å²) in [5.74, 6) is 0. The molecule has 1 rings (SSSR count). The Labute approximate surface area is 124 Å². The maximum Gasteiger partial charge on any atom is 0.105 e. The summed E-state index contributed by atoms with van der Waals surface area (Å²) < 4.78 is 6.09. The van der Waals surface area contributed by atoms with Crippen LogP contribution in [0.2, 0.25) is 0 Å². The number of morpholine rings is 1. The highest BCUT2D eigenvalue weighted by Crippen LogP contribution is 2.28. The number of ether oxygens (including phenoxy) is 1. The van der Waals surface area contributed by atoms with Crippen molar-refractivity contribution < 1.29 is 4.74 Å². The smallest absolute Gasteiger partial charge is 0.105 e. The minimum Gasteiger partial charge on any atom is -0.367 e. The second-order valence-electron chi connectivity index (χ2n) is 7.45. The molecular formula is C16H31N3O. The van der Waals surface area contributed by atoms with E-state index in [4.69, 9.17) is 4.74 Å². The fraction of sp³-hybridized carbons (Fsp3) is 0.938. The van der Waals surface area contributed by atoms with E-state index in [1.54, 1.807) is 0 Å². The predicted octanol–water partition coefficient (Wildman–Crippen LogP) is 2.55. The fourth-order valence-electron chi connectivity index (χ4n) is 3.07. The van der Waals surface area contributed by atoms with Gasteiger partial charge in [-0.15, -0.1) is 0 Å². The summed E-state index contributed by atoms with van der Waals surface area (Å²) in [5.41, 5.74) is -0.675. The molecule has 1 atom stereocenters. The number of nitrogens with zero attached hydrogens (tertiary/aromatic N) is 2. The number of nitriles is 1. The van der Waals surface area contributed by atoms with Crippen molar-refractivity contribution in [3.8, 4) is 6.07 Å². The van der Waals surface area contributed by atoms with Gasteiger partial charge >= 0.3 is 0 Å². The van der Waals surface area contributed by atoms with Crippen molar-refractivity contribution in [1.29, 1.82) is 5.26 Å². The van der Waals surface area contributed by atoms with Crippen LogP contribution in [-0.2, 0) is 4.74 Å². The molecule has 1 aliphatic heterocycles. The summed E-state index contributed by atoms with van der Waals surface area (Å²) in [7, 11) is 0. The maximum atomic E-state index is 9.39. The van der Waals surface area contributed by atoms with Gasteiger partial charge in [-0.05, 0) is 54.0 Å². The Morgan fingerprint density at radius 1 is 1.25 bits per heavy atom. The Kier molecular flexibility index (Phi) is 5.60. The van der Waals surface area contributed by atoms with Gasteiger partial charge in [0.05, 0.1) is 17.3 Å². The van der Waals surface area contributed by atoms with Crippen molar-refractivity contribution in [1.82, 2.24) is 10.2 Å². The van der Waals surface area contributed by atoms with E-state index >= 15 is 0 Å². The van der Waals surface area contributed by atoms with Gasteiger partial charge in [0.15, 0.2) is 0 Å². The lowest BCUT2D eigenvalue weighted by Gasteiger charge is -2.47. The molecule has 0 aromatic rings. The zero-order valence-corrected chi connectivity index (χ0v) is 14.0. The van der Waals surface area contributed by atoms with Gasteiger partial charge in [0.1, 0.15) is 5.54 Å². The van der Waals surface area contributed by atoms with Crippen molar-refractivity contribution >= 4 is 0 Å². The Morgan fingerprint density at radius 2 is 1.80 bits per heavy atom. The molecule has 1 saturated heterocycles. The van der Waals surface area contributed by atoms with E-state index in [1.165, 1.54) is 0 Å². The molecule has 0 aliphatic carbocycles. The topological polar surface area (TPSA) is 48.3 Å². The average molecular weight is 281 g/mol. The first kappa shape index (κ1) is 17.4. The highest BCUT2D eigenvalue weighted by atomic mass is 16.5. The molecule has 0 spiro atoms. The van der Waals surface area contributed by atoms with Crippen LogP contribution in [0, 0.1) is 11.3 Å². The highest BCUT2D eigenvalue weighted by molar-refractivity contribution is 5.04. The van der Waals surface area contributed by atoms with Crippen LogP contribution in [0.5, 0.6) is 0 Å². The van der Waals surface area contributed by atoms with E-state index in [-0.39, 0.29) is 11.2 Å². The SMILES string of the molecule is CCCNC(C)(C#N)CCN1CC(C)(C)OC(C)(C)C1. The van der Waals surface area contributed by atoms with Crippen molar-refractivity contribution in [2.75, 3.05) is 26.2 Å². The largest absolute Gasteiger partial charge is 0.367 e. The highest BCUT2D eigenvalue weighted by Gasteiger charge is 2.38. The third-order valence-corrected chi connectivity index (χ3v) is 3.70. The predicted molar refractivity (Wildman–Crippen MR) is 82.6 cm³/mol. The van der Waals surface area contributed by atoms with Crippen molar-refractivity contribution in [2.45, 2.75) is 71.1 Å². The third kappa shape index (κ3) is 5.40. The van der Waals surface area contributed by atoms with Crippen LogP contribution < -0.4 is 5.32 Å². The minimum absolute atomic E-state index is 0.123. The number of nitrogens with one attached hydrogen (secondary N) is 1. The van der Waals surface area contributed by atoms with E-state index in [0.717, 1.165) is 39.0 Å². The van der Waals surface area contributed by atoms with Crippen LogP contribution >= 0.6 is 0 Å². The lowest BCUT2D eigenvalue weighted by atomic mass is 9.95. The zero-order chi connectivity index (χ0) is 15.4. The van der Waals surface area contributed by atoms with Crippen molar-refractivity contribution in [2.24, 2.45) is 0 Å². The zero-order valence-electron chi connectivity index (χ0n) is 14.0. The van der Waals surface area contributed by atoms with Crippen LogP contribution in [-0.4, -0.2) is 47.8 Å².